The zero-order valence-electron chi connectivity index (χ0n) is 16.1. The zero-order valence-corrected chi connectivity index (χ0v) is 16.9. The minimum absolute atomic E-state index is 0.00533. The van der Waals surface area contributed by atoms with Crippen molar-refractivity contribution in [2.24, 2.45) is 27.5 Å². The first-order valence-corrected chi connectivity index (χ1v) is 9.50. The summed E-state index contributed by atoms with van der Waals surface area (Å²) >= 11 is 1.26. The molecule has 0 bridgehead atoms. The second-order valence-electron chi connectivity index (χ2n) is 6.44. The fourth-order valence-electron chi connectivity index (χ4n) is 2.69. The Morgan fingerprint density at radius 1 is 1.00 bits per heavy atom. The third-order valence-electron chi connectivity index (χ3n) is 4.22. The van der Waals surface area contributed by atoms with Crippen LogP contribution in [0.1, 0.15) is 0 Å². The van der Waals surface area contributed by atoms with E-state index in [4.69, 9.17) is 0 Å². The van der Waals surface area contributed by atoms with Crippen molar-refractivity contribution in [2.75, 3.05) is 19.0 Å². The average molecular weight is 406 g/mol. The molecule has 0 aliphatic rings. The summed E-state index contributed by atoms with van der Waals surface area (Å²) in [4.78, 5) is 1.84. The molecule has 0 aliphatic carbocycles. The van der Waals surface area contributed by atoms with Crippen molar-refractivity contribution in [1.29, 1.82) is 0 Å². The third-order valence-corrected chi connectivity index (χ3v) is 4.98. The average Bonchev–Trinajstić information content (AvgIpc) is 3.31. The van der Waals surface area contributed by atoms with E-state index in [1.54, 1.807) is 36.1 Å². The van der Waals surface area contributed by atoms with Gasteiger partial charge in [-0.05, 0) is 29.7 Å². The van der Waals surface area contributed by atoms with Gasteiger partial charge < -0.3 is 10.0 Å². The van der Waals surface area contributed by atoms with Crippen molar-refractivity contribution in [3.63, 3.8) is 0 Å². The van der Waals surface area contributed by atoms with Crippen LogP contribution in [0.15, 0.2) is 69.1 Å². The number of azo groups is 2. The van der Waals surface area contributed by atoms with E-state index >= 15 is 0 Å². The van der Waals surface area contributed by atoms with Crippen LogP contribution in [-0.2, 0) is 7.05 Å². The fourth-order valence-corrected chi connectivity index (χ4v) is 3.38. The monoisotopic (exact) mass is 406 g/mol. The molecular weight excluding hydrogens is 388 g/mol. The van der Waals surface area contributed by atoms with E-state index in [0.29, 0.717) is 27.9 Å². The van der Waals surface area contributed by atoms with E-state index < -0.39 is 0 Å². The summed E-state index contributed by atoms with van der Waals surface area (Å²) in [7, 11) is 5.52. The molecular formula is C19H18N8OS. The molecule has 0 atom stereocenters. The molecule has 10 heteroatoms. The molecule has 1 N–H and O–H groups in total. The lowest BCUT2D eigenvalue weighted by Gasteiger charge is -2.15. The second-order valence-corrected chi connectivity index (χ2v) is 7.19. The van der Waals surface area contributed by atoms with E-state index in [0.717, 1.165) is 10.9 Å². The van der Waals surface area contributed by atoms with Crippen molar-refractivity contribution in [2.45, 2.75) is 0 Å². The van der Waals surface area contributed by atoms with Gasteiger partial charge in [-0.25, -0.2) is 4.68 Å². The Morgan fingerprint density at radius 2 is 1.79 bits per heavy atom. The molecule has 0 saturated heterocycles. The van der Waals surface area contributed by atoms with Crippen LogP contribution >= 0.6 is 11.5 Å². The van der Waals surface area contributed by atoms with Gasteiger partial charge in [0.2, 0.25) is 0 Å². The largest absolute Gasteiger partial charge is 0.506 e. The Morgan fingerprint density at radius 3 is 2.55 bits per heavy atom. The topological polar surface area (TPSA) is 104 Å². The highest BCUT2D eigenvalue weighted by molar-refractivity contribution is 7.11. The van der Waals surface area contributed by atoms with Gasteiger partial charge in [-0.1, -0.05) is 12.1 Å². The molecule has 2 aromatic heterocycles. The maximum Gasteiger partial charge on any atom is 0.172 e. The first kappa shape index (κ1) is 18.7. The molecule has 4 aromatic rings. The van der Waals surface area contributed by atoms with Crippen LogP contribution in [0.25, 0.3) is 10.9 Å². The number of hydrogen-bond donors (Lipinski definition) is 1. The summed E-state index contributed by atoms with van der Waals surface area (Å²) in [6, 6.07) is 12.7. The molecule has 4 rings (SSSR count). The number of aromatic hydroxyl groups is 1. The van der Waals surface area contributed by atoms with Crippen molar-refractivity contribution >= 4 is 50.3 Å². The molecule has 0 spiro atoms. The highest BCUT2D eigenvalue weighted by Gasteiger charge is 2.12. The number of nitrogens with zero attached hydrogens (tertiary/aromatic N) is 8. The first-order valence-electron chi connectivity index (χ1n) is 8.73. The minimum atomic E-state index is 0.00533. The smallest absolute Gasteiger partial charge is 0.172 e. The van der Waals surface area contributed by atoms with Crippen LogP contribution in [0.3, 0.4) is 0 Å². The van der Waals surface area contributed by atoms with E-state index in [1.807, 2.05) is 43.3 Å². The fraction of sp³-hybridized carbons (Fsp3) is 0.158. The van der Waals surface area contributed by atoms with Gasteiger partial charge >= 0.3 is 0 Å². The number of aryl methyl sites for hydroxylation is 1. The molecule has 0 amide bonds. The summed E-state index contributed by atoms with van der Waals surface area (Å²) < 4.78 is 5.97. The van der Waals surface area contributed by atoms with E-state index in [-0.39, 0.29) is 5.75 Å². The molecule has 0 aliphatic heterocycles. The van der Waals surface area contributed by atoms with Crippen molar-refractivity contribution in [3.8, 4) is 5.75 Å². The van der Waals surface area contributed by atoms with Crippen molar-refractivity contribution < 1.29 is 5.11 Å². The number of benzene rings is 2. The lowest BCUT2D eigenvalue weighted by molar-refractivity contribution is 0.476. The van der Waals surface area contributed by atoms with Crippen LogP contribution in [0.2, 0.25) is 0 Å². The summed E-state index contributed by atoms with van der Waals surface area (Å²) in [6.45, 7) is 0. The lowest BCUT2D eigenvalue weighted by atomic mass is 10.2. The number of rotatable bonds is 5. The number of phenolic OH excluding ortho intramolecular Hbond substituents is 1. The van der Waals surface area contributed by atoms with Gasteiger partial charge in [-0.15, -0.1) is 20.5 Å². The normalized spacial score (nSPS) is 11.8. The summed E-state index contributed by atoms with van der Waals surface area (Å²) in [5.74, 6) is 0.618. The van der Waals surface area contributed by atoms with Crippen LogP contribution in [0, 0.1) is 0 Å². The predicted octanol–water partition coefficient (Wildman–Crippen LogP) is 5.63. The Balaban J connectivity index is 1.72. The molecule has 0 radical (unpaired) electrons. The number of phenols is 1. The number of aromatic nitrogens is 3. The lowest BCUT2D eigenvalue weighted by Crippen LogP contribution is -2.08. The summed E-state index contributed by atoms with van der Waals surface area (Å²) in [6.07, 6.45) is 1.65. The Hall–Kier alpha value is -3.66. The predicted molar refractivity (Wildman–Crippen MR) is 114 cm³/mol. The van der Waals surface area contributed by atoms with Crippen molar-refractivity contribution in [1.82, 2.24) is 14.2 Å². The van der Waals surface area contributed by atoms with Gasteiger partial charge in [0.25, 0.3) is 0 Å². The SMILES string of the molecule is CN(C)c1cc(O)c(N=Nc2snc3ccccc23)cc1N=Nc1ccnn1C. The molecule has 0 unspecified atom stereocenters. The highest BCUT2D eigenvalue weighted by Crippen LogP contribution is 2.41. The van der Waals surface area contributed by atoms with Gasteiger partial charge in [0, 0.05) is 38.7 Å². The summed E-state index contributed by atoms with van der Waals surface area (Å²) in [5.41, 5.74) is 2.42. The van der Waals surface area contributed by atoms with Crippen LogP contribution in [0.4, 0.5) is 27.9 Å². The maximum atomic E-state index is 10.4. The molecule has 0 saturated carbocycles. The van der Waals surface area contributed by atoms with Gasteiger partial charge in [0.15, 0.2) is 10.8 Å². The number of hydrogen-bond acceptors (Lipinski definition) is 9. The number of fused-ring (bicyclic) bond motifs is 1. The van der Waals surface area contributed by atoms with Gasteiger partial charge in [-0.3, -0.25) is 0 Å². The van der Waals surface area contributed by atoms with Crippen LogP contribution in [0.5, 0.6) is 5.75 Å². The molecule has 0 fully saturated rings. The number of anilines is 1. The Kier molecular flexibility index (Phi) is 5.00. The van der Waals surface area contributed by atoms with Gasteiger partial charge in [0.1, 0.15) is 17.1 Å². The van der Waals surface area contributed by atoms with Crippen LogP contribution < -0.4 is 4.90 Å². The van der Waals surface area contributed by atoms with Crippen LogP contribution in [-0.4, -0.2) is 33.4 Å². The molecule has 29 heavy (non-hydrogen) atoms. The van der Waals surface area contributed by atoms with E-state index in [2.05, 4.69) is 29.9 Å². The Labute approximate surface area is 170 Å². The molecule has 2 aromatic carbocycles. The molecule has 9 nitrogen and oxygen atoms in total. The molecule has 2 heterocycles. The minimum Gasteiger partial charge on any atom is -0.506 e. The van der Waals surface area contributed by atoms with Gasteiger partial charge in [-0.2, -0.15) is 9.47 Å². The van der Waals surface area contributed by atoms with Crippen molar-refractivity contribution in [3.05, 3.63) is 48.7 Å². The first-order chi connectivity index (χ1) is 14.0. The quantitative estimate of drug-likeness (QED) is 0.434. The van der Waals surface area contributed by atoms with E-state index in [1.165, 1.54) is 11.5 Å². The summed E-state index contributed by atoms with van der Waals surface area (Å²) in [5, 5.41) is 33.2. The highest BCUT2D eigenvalue weighted by atomic mass is 32.1. The second kappa shape index (κ2) is 7.76. The third kappa shape index (κ3) is 3.83. The maximum absolute atomic E-state index is 10.4. The zero-order chi connectivity index (χ0) is 20.4. The van der Waals surface area contributed by atoms with E-state index in [9.17, 15) is 5.11 Å². The molecule has 146 valence electrons. The standard InChI is InChI=1S/C19H18N8OS/c1-26(2)16-11-17(28)15(10-14(16)21-23-18-8-9-20-27(18)3)22-24-19-12-6-4-5-7-13(12)25-29-19/h4-11,28H,1-3H3. The van der Waals surface area contributed by atoms with Gasteiger partial charge in [0.05, 0.1) is 17.4 Å². The Bertz CT molecular complexity index is 1220.